The van der Waals surface area contributed by atoms with Gasteiger partial charge in [-0.2, -0.15) is 13.2 Å². The molecule has 1 aliphatic rings. The number of hydrogen-bond donors (Lipinski definition) is 1. The number of imide groups is 1. The molecule has 214 valence electrons. The molecule has 0 radical (unpaired) electrons. The molecular formula is C30H19Br2F3N2O4S. The van der Waals surface area contributed by atoms with Gasteiger partial charge in [-0.15, -0.1) is 0 Å². The van der Waals surface area contributed by atoms with Gasteiger partial charge in [-0.1, -0.05) is 48.5 Å². The number of thioether (sulfide) groups is 1. The molecule has 3 amide bonds. The molecule has 1 heterocycles. The molecule has 1 aliphatic heterocycles. The van der Waals surface area contributed by atoms with Crippen LogP contribution in [0.5, 0.6) is 5.75 Å². The summed E-state index contributed by atoms with van der Waals surface area (Å²) in [4.78, 5) is 38.7. The van der Waals surface area contributed by atoms with E-state index < -0.39 is 35.3 Å². The molecule has 1 N–H and O–H groups in total. The first kappa shape index (κ1) is 29.9. The summed E-state index contributed by atoms with van der Waals surface area (Å²) in [5.74, 6) is -0.941. The molecule has 0 saturated carbocycles. The number of halogens is 5. The zero-order chi connectivity index (χ0) is 30.0. The highest BCUT2D eigenvalue weighted by Crippen LogP contribution is 2.38. The van der Waals surface area contributed by atoms with Crippen molar-refractivity contribution < 1.29 is 32.3 Å². The molecule has 4 aromatic rings. The molecule has 12 heteroatoms. The van der Waals surface area contributed by atoms with Crippen molar-refractivity contribution >= 4 is 83.2 Å². The van der Waals surface area contributed by atoms with Crippen molar-refractivity contribution in [2.45, 2.75) is 12.8 Å². The van der Waals surface area contributed by atoms with Gasteiger partial charge in [0.05, 0.1) is 19.4 Å². The molecule has 0 aliphatic carbocycles. The SMILES string of the molecule is O=C(CN1C(=O)S/C(=C\c2cc(Br)c(OCc3cccc4ccccc34)c(Br)c2)C1=O)Nc1cccc(C(F)(F)F)c1. The van der Waals surface area contributed by atoms with E-state index >= 15 is 0 Å². The zero-order valence-electron chi connectivity index (χ0n) is 21.4. The first-order valence-electron chi connectivity index (χ1n) is 12.3. The average molecular weight is 720 g/mol. The average Bonchev–Trinajstić information content (AvgIpc) is 3.19. The minimum Gasteiger partial charge on any atom is -0.487 e. The second kappa shape index (κ2) is 12.3. The van der Waals surface area contributed by atoms with E-state index in [1.54, 1.807) is 12.1 Å². The molecule has 0 spiro atoms. The molecule has 0 bridgehead atoms. The number of fused-ring (bicyclic) bond motifs is 1. The monoisotopic (exact) mass is 718 g/mol. The molecule has 4 aromatic carbocycles. The van der Waals surface area contributed by atoms with E-state index in [4.69, 9.17) is 4.74 Å². The fourth-order valence-electron chi connectivity index (χ4n) is 4.27. The fourth-order valence-corrected chi connectivity index (χ4v) is 6.56. The van der Waals surface area contributed by atoms with Crippen LogP contribution >= 0.6 is 43.6 Å². The van der Waals surface area contributed by atoms with Crippen LogP contribution in [0, 0.1) is 0 Å². The van der Waals surface area contributed by atoms with Crippen LogP contribution in [-0.2, 0) is 22.4 Å². The van der Waals surface area contributed by atoms with Crippen LogP contribution in [0.1, 0.15) is 16.7 Å². The molecule has 0 unspecified atom stereocenters. The van der Waals surface area contributed by atoms with Crippen molar-refractivity contribution in [2.24, 2.45) is 0 Å². The Kier molecular flexibility index (Phi) is 8.76. The van der Waals surface area contributed by atoms with Crippen LogP contribution in [0.3, 0.4) is 0 Å². The van der Waals surface area contributed by atoms with Crippen molar-refractivity contribution in [1.29, 1.82) is 0 Å². The predicted molar refractivity (Wildman–Crippen MR) is 163 cm³/mol. The lowest BCUT2D eigenvalue weighted by Gasteiger charge is -2.14. The smallest absolute Gasteiger partial charge is 0.416 e. The number of amides is 3. The van der Waals surface area contributed by atoms with Gasteiger partial charge in [0.2, 0.25) is 5.91 Å². The molecule has 5 rings (SSSR count). The van der Waals surface area contributed by atoms with Crippen LogP contribution in [0.4, 0.5) is 23.7 Å². The summed E-state index contributed by atoms with van der Waals surface area (Å²) in [5.41, 5.74) is 0.568. The second-order valence-corrected chi connectivity index (χ2v) is 11.8. The molecule has 6 nitrogen and oxygen atoms in total. The van der Waals surface area contributed by atoms with Crippen molar-refractivity contribution in [3.8, 4) is 5.75 Å². The molecule has 42 heavy (non-hydrogen) atoms. The maximum Gasteiger partial charge on any atom is 0.416 e. The number of nitrogens with one attached hydrogen (secondary N) is 1. The lowest BCUT2D eigenvalue weighted by Crippen LogP contribution is -2.36. The summed E-state index contributed by atoms with van der Waals surface area (Å²) in [6.07, 6.45) is -3.07. The Morgan fingerprint density at radius 1 is 0.952 bits per heavy atom. The number of rotatable bonds is 7. The molecule has 0 aromatic heterocycles. The van der Waals surface area contributed by atoms with Crippen LogP contribution < -0.4 is 10.1 Å². The first-order valence-corrected chi connectivity index (χ1v) is 14.7. The van der Waals surface area contributed by atoms with Gasteiger partial charge >= 0.3 is 6.18 Å². The van der Waals surface area contributed by atoms with Crippen molar-refractivity contribution in [3.63, 3.8) is 0 Å². The number of ether oxygens (including phenoxy) is 1. The van der Waals surface area contributed by atoms with Gasteiger partial charge in [0, 0.05) is 5.69 Å². The van der Waals surface area contributed by atoms with Gasteiger partial charge in [-0.3, -0.25) is 19.3 Å². The first-order chi connectivity index (χ1) is 20.0. The zero-order valence-corrected chi connectivity index (χ0v) is 25.4. The highest BCUT2D eigenvalue weighted by Gasteiger charge is 2.36. The summed E-state index contributed by atoms with van der Waals surface area (Å²) < 4.78 is 46.2. The van der Waals surface area contributed by atoms with E-state index in [9.17, 15) is 27.6 Å². The topological polar surface area (TPSA) is 75.7 Å². The van der Waals surface area contributed by atoms with E-state index in [0.717, 1.165) is 39.4 Å². The number of nitrogens with zero attached hydrogens (tertiary/aromatic N) is 1. The Balaban J connectivity index is 1.26. The van der Waals surface area contributed by atoms with Crippen LogP contribution in [-0.4, -0.2) is 28.5 Å². The third kappa shape index (κ3) is 6.71. The standard InChI is InChI=1S/C30H19Br2F3N2O4S/c31-23-11-17(12-24(32)27(23)41-16-19-7-3-6-18-5-1-2-10-22(18)19)13-25-28(39)37(29(40)42-25)15-26(38)36-21-9-4-8-20(14-21)30(33,34)35/h1-14H,15-16H2,(H,36,38)/b25-13-. The van der Waals surface area contributed by atoms with Crippen molar-refractivity contribution in [1.82, 2.24) is 4.90 Å². The predicted octanol–water partition coefficient (Wildman–Crippen LogP) is 8.64. The number of benzene rings is 4. The molecular weight excluding hydrogens is 701 g/mol. The van der Waals surface area contributed by atoms with Crippen molar-refractivity contribution in [3.05, 3.63) is 109 Å². The van der Waals surface area contributed by atoms with Gasteiger partial charge in [0.1, 0.15) is 18.9 Å². The number of hydrogen-bond acceptors (Lipinski definition) is 5. The van der Waals surface area contributed by atoms with Gasteiger partial charge in [-0.05, 0) is 102 Å². The summed E-state index contributed by atoms with van der Waals surface area (Å²) in [7, 11) is 0. The largest absolute Gasteiger partial charge is 0.487 e. The lowest BCUT2D eigenvalue weighted by molar-refractivity contribution is -0.137. The quantitative estimate of drug-likeness (QED) is 0.194. The summed E-state index contributed by atoms with van der Waals surface area (Å²) in [6, 6.07) is 21.6. The van der Waals surface area contributed by atoms with Crippen LogP contribution in [0.25, 0.3) is 16.8 Å². The van der Waals surface area contributed by atoms with E-state index in [1.807, 2.05) is 42.5 Å². The number of carbonyl (C=O) groups is 3. The van der Waals surface area contributed by atoms with E-state index in [1.165, 1.54) is 12.1 Å². The van der Waals surface area contributed by atoms with E-state index in [-0.39, 0.29) is 10.6 Å². The third-order valence-electron chi connectivity index (χ3n) is 6.22. The summed E-state index contributed by atoms with van der Waals surface area (Å²) in [6.45, 7) is -0.327. The van der Waals surface area contributed by atoms with Gasteiger partial charge in [-0.25, -0.2) is 0 Å². The Hall–Kier alpha value is -3.61. The highest BCUT2D eigenvalue weighted by molar-refractivity contribution is 9.11. The maximum absolute atomic E-state index is 13.0. The van der Waals surface area contributed by atoms with Crippen LogP contribution in [0.15, 0.2) is 92.7 Å². The van der Waals surface area contributed by atoms with E-state index in [0.29, 0.717) is 38.6 Å². The Morgan fingerprint density at radius 3 is 2.38 bits per heavy atom. The molecule has 0 atom stereocenters. The van der Waals surface area contributed by atoms with Gasteiger partial charge < -0.3 is 10.1 Å². The highest BCUT2D eigenvalue weighted by atomic mass is 79.9. The van der Waals surface area contributed by atoms with Crippen LogP contribution in [0.2, 0.25) is 0 Å². The third-order valence-corrected chi connectivity index (χ3v) is 8.30. The number of alkyl halides is 3. The Bertz CT molecular complexity index is 1730. The summed E-state index contributed by atoms with van der Waals surface area (Å²) >= 11 is 7.69. The Labute approximate surface area is 259 Å². The van der Waals surface area contributed by atoms with Gasteiger partial charge in [0.25, 0.3) is 11.1 Å². The minimum absolute atomic E-state index is 0.0927. The number of anilines is 1. The van der Waals surface area contributed by atoms with E-state index in [2.05, 4.69) is 37.2 Å². The van der Waals surface area contributed by atoms with Gasteiger partial charge in [0.15, 0.2) is 0 Å². The normalized spacial score (nSPS) is 14.6. The molecule has 1 saturated heterocycles. The minimum atomic E-state index is -4.58. The molecule has 1 fully saturated rings. The Morgan fingerprint density at radius 2 is 1.64 bits per heavy atom. The van der Waals surface area contributed by atoms with Crippen molar-refractivity contribution in [2.75, 3.05) is 11.9 Å². The lowest BCUT2D eigenvalue weighted by atomic mass is 10.1. The summed E-state index contributed by atoms with van der Waals surface area (Å²) in [5, 5.41) is 3.83. The second-order valence-electron chi connectivity index (χ2n) is 9.14. The maximum atomic E-state index is 13.0. The number of carbonyl (C=O) groups excluding carboxylic acids is 3. The fraction of sp³-hybridized carbons (Fsp3) is 0.100.